The molecule has 4 amide bonds. The van der Waals surface area contributed by atoms with Gasteiger partial charge < -0.3 is 10.1 Å². The largest absolute Gasteiger partial charge is 0.480 e. The lowest BCUT2D eigenvalue weighted by molar-refractivity contribution is -0.141. The molecule has 1 aliphatic rings. The van der Waals surface area contributed by atoms with E-state index < -0.39 is 29.5 Å². The zero-order valence-electron chi connectivity index (χ0n) is 14.4. The van der Waals surface area contributed by atoms with E-state index in [0.29, 0.717) is 18.6 Å². The number of imide groups is 1. The third kappa shape index (κ3) is 3.34. The van der Waals surface area contributed by atoms with Crippen LogP contribution in [0.15, 0.2) is 24.3 Å². The highest BCUT2D eigenvalue weighted by molar-refractivity contribution is 6.07. The molecule has 7 heteroatoms. The normalized spacial score (nSPS) is 21.4. The minimum Gasteiger partial charge on any atom is -0.480 e. The van der Waals surface area contributed by atoms with Gasteiger partial charge in [0, 0.05) is 0 Å². The van der Waals surface area contributed by atoms with Crippen molar-refractivity contribution in [3.05, 3.63) is 29.8 Å². The van der Waals surface area contributed by atoms with Crippen molar-refractivity contribution in [1.82, 2.24) is 15.8 Å². The molecule has 2 atom stereocenters. The third-order valence-corrected chi connectivity index (χ3v) is 4.22. The van der Waals surface area contributed by atoms with Crippen LogP contribution in [0.25, 0.3) is 0 Å². The summed E-state index contributed by atoms with van der Waals surface area (Å²) in [6.07, 6.45) is 0.0237. The molecule has 0 aromatic heterocycles. The summed E-state index contributed by atoms with van der Waals surface area (Å²) in [5.41, 5.74) is 2.27. The summed E-state index contributed by atoms with van der Waals surface area (Å²) >= 11 is 0. The molecule has 0 bridgehead atoms. The lowest BCUT2D eigenvalue weighted by Crippen LogP contribution is -2.52. The molecule has 0 spiro atoms. The number of nitrogens with zero attached hydrogens (tertiary/aromatic N) is 1. The molecular weight excluding hydrogens is 310 g/mol. The van der Waals surface area contributed by atoms with E-state index >= 15 is 0 Å². The first-order chi connectivity index (χ1) is 11.3. The predicted molar refractivity (Wildman–Crippen MR) is 88.1 cm³/mol. The number of amides is 4. The van der Waals surface area contributed by atoms with Gasteiger partial charge in [0.2, 0.25) is 0 Å². The number of urea groups is 1. The third-order valence-electron chi connectivity index (χ3n) is 4.22. The van der Waals surface area contributed by atoms with Gasteiger partial charge in [0.05, 0.1) is 0 Å². The second-order valence-corrected chi connectivity index (χ2v) is 6.01. The topological polar surface area (TPSA) is 87.7 Å². The van der Waals surface area contributed by atoms with Crippen molar-refractivity contribution in [3.63, 3.8) is 0 Å². The monoisotopic (exact) mass is 333 g/mol. The first-order valence-corrected chi connectivity index (χ1v) is 8.02. The van der Waals surface area contributed by atoms with Gasteiger partial charge >= 0.3 is 6.03 Å². The number of aryl methyl sites for hydroxylation is 1. The number of hydrogen-bond donors (Lipinski definition) is 2. The summed E-state index contributed by atoms with van der Waals surface area (Å²) in [6.45, 7) is 7.09. The molecule has 24 heavy (non-hydrogen) atoms. The molecule has 1 aliphatic heterocycles. The maximum atomic E-state index is 12.4. The van der Waals surface area contributed by atoms with E-state index in [-0.39, 0.29) is 0 Å². The molecule has 0 aliphatic carbocycles. The Morgan fingerprint density at radius 3 is 2.54 bits per heavy atom. The molecule has 1 heterocycles. The Bertz CT molecular complexity index is 661. The van der Waals surface area contributed by atoms with Crippen LogP contribution in [0.2, 0.25) is 0 Å². The van der Waals surface area contributed by atoms with Crippen molar-refractivity contribution in [3.8, 4) is 5.75 Å². The van der Waals surface area contributed by atoms with Crippen LogP contribution in [0.4, 0.5) is 4.79 Å². The zero-order chi connectivity index (χ0) is 17.9. The minimum absolute atomic E-state index is 0.398. The number of ether oxygens (including phenoxy) is 1. The summed E-state index contributed by atoms with van der Waals surface area (Å²) in [5.74, 6) is -0.422. The van der Waals surface area contributed by atoms with E-state index in [1.54, 1.807) is 26.8 Å². The molecule has 1 aromatic carbocycles. The zero-order valence-corrected chi connectivity index (χ0v) is 14.4. The van der Waals surface area contributed by atoms with E-state index in [4.69, 9.17) is 4.74 Å². The molecule has 0 saturated carbocycles. The Morgan fingerprint density at radius 1 is 1.33 bits per heavy atom. The van der Waals surface area contributed by atoms with Gasteiger partial charge in [0.15, 0.2) is 6.10 Å². The van der Waals surface area contributed by atoms with E-state index in [1.807, 2.05) is 25.1 Å². The quantitative estimate of drug-likeness (QED) is 0.778. The first kappa shape index (κ1) is 17.8. The van der Waals surface area contributed by atoms with E-state index in [0.717, 1.165) is 10.6 Å². The summed E-state index contributed by atoms with van der Waals surface area (Å²) in [4.78, 5) is 36.7. The Kier molecular flexibility index (Phi) is 5.11. The molecule has 7 nitrogen and oxygen atoms in total. The van der Waals surface area contributed by atoms with Crippen molar-refractivity contribution in [2.24, 2.45) is 0 Å². The van der Waals surface area contributed by atoms with Crippen LogP contribution in [-0.2, 0) is 9.59 Å². The van der Waals surface area contributed by atoms with Crippen LogP contribution >= 0.6 is 0 Å². The van der Waals surface area contributed by atoms with E-state index in [9.17, 15) is 14.4 Å². The summed E-state index contributed by atoms with van der Waals surface area (Å²) in [6, 6.07) is 6.71. The highest BCUT2D eigenvalue weighted by Crippen LogP contribution is 2.21. The Hall–Kier alpha value is -2.57. The van der Waals surface area contributed by atoms with Crippen LogP contribution in [0.1, 0.15) is 39.2 Å². The summed E-state index contributed by atoms with van der Waals surface area (Å²) in [7, 11) is 0. The van der Waals surface area contributed by atoms with Crippen molar-refractivity contribution >= 4 is 17.8 Å². The van der Waals surface area contributed by atoms with Crippen LogP contribution in [0.3, 0.4) is 0 Å². The number of carbonyl (C=O) groups excluding carboxylic acids is 3. The van der Waals surface area contributed by atoms with Crippen molar-refractivity contribution in [2.45, 2.75) is 52.2 Å². The summed E-state index contributed by atoms with van der Waals surface area (Å²) < 4.78 is 5.73. The second kappa shape index (κ2) is 6.90. The van der Waals surface area contributed by atoms with Gasteiger partial charge in [0.1, 0.15) is 11.3 Å². The second-order valence-electron chi connectivity index (χ2n) is 6.01. The highest BCUT2D eigenvalue weighted by Gasteiger charge is 2.47. The lowest BCUT2D eigenvalue weighted by atomic mass is 10.00. The lowest BCUT2D eigenvalue weighted by Gasteiger charge is -2.22. The van der Waals surface area contributed by atoms with Crippen LogP contribution in [-0.4, -0.2) is 34.5 Å². The number of nitrogens with one attached hydrogen (secondary N) is 2. The van der Waals surface area contributed by atoms with Gasteiger partial charge in [-0.25, -0.2) is 4.79 Å². The Morgan fingerprint density at radius 2 is 2.00 bits per heavy atom. The van der Waals surface area contributed by atoms with Gasteiger partial charge in [-0.1, -0.05) is 32.0 Å². The fourth-order valence-electron chi connectivity index (χ4n) is 2.37. The van der Waals surface area contributed by atoms with Crippen molar-refractivity contribution in [2.75, 3.05) is 0 Å². The van der Waals surface area contributed by atoms with Gasteiger partial charge in [-0.05, 0) is 38.3 Å². The maximum absolute atomic E-state index is 12.4. The summed E-state index contributed by atoms with van der Waals surface area (Å²) in [5, 5.41) is 3.31. The molecule has 130 valence electrons. The maximum Gasteiger partial charge on any atom is 0.344 e. The van der Waals surface area contributed by atoms with E-state index in [2.05, 4.69) is 10.7 Å². The minimum atomic E-state index is -0.997. The Balaban J connectivity index is 2.09. The molecule has 1 fully saturated rings. The van der Waals surface area contributed by atoms with Gasteiger partial charge in [-0.15, -0.1) is 0 Å². The van der Waals surface area contributed by atoms with Gasteiger partial charge in [0.25, 0.3) is 11.8 Å². The number of para-hydroxylation sites is 1. The number of rotatable bonds is 6. The molecule has 2 unspecified atom stereocenters. The van der Waals surface area contributed by atoms with Gasteiger partial charge in [-0.2, -0.15) is 5.01 Å². The van der Waals surface area contributed by atoms with E-state index in [1.165, 1.54) is 0 Å². The molecule has 2 rings (SSSR count). The molecule has 0 radical (unpaired) electrons. The average molecular weight is 333 g/mol. The SMILES string of the molecule is CCC(Oc1ccccc1C)C(=O)NN1C(=O)NC(C)(CC)C1=O. The molecule has 2 N–H and O–H groups in total. The van der Waals surface area contributed by atoms with Crippen molar-refractivity contribution in [1.29, 1.82) is 0 Å². The molecular formula is C17H23N3O4. The highest BCUT2D eigenvalue weighted by atomic mass is 16.5. The predicted octanol–water partition coefficient (Wildman–Crippen LogP) is 1.90. The average Bonchev–Trinajstić information content (AvgIpc) is 2.78. The fourth-order valence-corrected chi connectivity index (χ4v) is 2.37. The van der Waals surface area contributed by atoms with Crippen LogP contribution in [0.5, 0.6) is 5.75 Å². The number of hydrazine groups is 1. The number of hydrogen-bond acceptors (Lipinski definition) is 4. The first-order valence-electron chi connectivity index (χ1n) is 8.02. The smallest absolute Gasteiger partial charge is 0.344 e. The van der Waals surface area contributed by atoms with Crippen molar-refractivity contribution < 1.29 is 19.1 Å². The molecule has 1 saturated heterocycles. The van der Waals surface area contributed by atoms with Crippen LogP contribution in [0, 0.1) is 6.92 Å². The standard InChI is InChI=1S/C17H23N3O4/c1-5-12(24-13-10-8-7-9-11(13)3)14(21)19-20-15(22)17(4,6-2)18-16(20)23/h7-10,12H,5-6H2,1-4H3,(H,18,23)(H,19,21). The molecule has 1 aromatic rings. The Labute approximate surface area is 141 Å². The number of benzene rings is 1. The van der Waals surface area contributed by atoms with Crippen LogP contribution < -0.4 is 15.5 Å². The number of carbonyl (C=O) groups is 3. The fraction of sp³-hybridized carbons (Fsp3) is 0.471. The van der Waals surface area contributed by atoms with Gasteiger partial charge in [-0.3, -0.25) is 15.0 Å².